The van der Waals surface area contributed by atoms with Gasteiger partial charge in [-0.25, -0.2) is 17.9 Å². The fourth-order valence-corrected chi connectivity index (χ4v) is 4.91. The number of amides is 1. The van der Waals surface area contributed by atoms with Gasteiger partial charge in [-0.2, -0.15) is 4.31 Å². The Morgan fingerprint density at radius 2 is 1.85 bits per heavy atom. The second-order valence-electron chi connectivity index (χ2n) is 7.69. The van der Waals surface area contributed by atoms with Gasteiger partial charge in [-0.1, -0.05) is 5.21 Å². The second kappa shape index (κ2) is 9.87. The summed E-state index contributed by atoms with van der Waals surface area (Å²) in [5.74, 6) is -1.21. The number of hydrogen-bond acceptors (Lipinski definition) is 8. The molecular weight excluding hydrogens is 462 g/mol. The van der Waals surface area contributed by atoms with E-state index in [0.29, 0.717) is 44.1 Å². The number of carbonyl (C=O) groups excluding carboxylic acids is 2. The third kappa shape index (κ3) is 4.93. The summed E-state index contributed by atoms with van der Waals surface area (Å²) in [6, 6.07) is 10.7. The maximum atomic E-state index is 12.7. The van der Waals surface area contributed by atoms with Crippen LogP contribution in [0.5, 0.6) is 0 Å². The van der Waals surface area contributed by atoms with Crippen LogP contribution in [0, 0.1) is 0 Å². The Balaban J connectivity index is 1.37. The third-order valence-corrected chi connectivity index (χ3v) is 7.34. The lowest BCUT2D eigenvalue weighted by molar-refractivity contribution is -0.123. The van der Waals surface area contributed by atoms with Crippen LogP contribution < -0.4 is 5.32 Å². The SMILES string of the molecule is CCn1nnc2cc(C(=O)O[C@H](C)C(=O)Nc3ccc(S(=O)(=O)N4CCOCC4)cc3)ccc21. The standard InChI is InChI=1S/C22H25N5O6S/c1-3-27-20-9-4-16(14-19(20)24-25-27)22(29)33-15(2)21(28)23-17-5-7-18(8-6-17)34(30,31)26-10-12-32-13-11-26/h4-9,14-15H,3,10-13H2,1-2H3,(H,23,28)/t15-/m1/s1. The van der Waals surface area contributed by atoms with E-state index in [9.17, 15) is 18.0 Å². The highest BCUT2D eigenvalue weighted by atomic mass is 32.2. The van der Waals surface area contributed by atoms with Crippen LogP contribution in [-0.4, -0.2) is 72.0 Å². The van der Waals surface area contributed by atoms with Crippen molar-refractivity contribution in [3.8, 4) is 0 Å². The van der Waals surface area contributed by atoms with Gasteiger partial charge in [0.25, 0.3) is 5.91 Å². The van der Waals surface area contributed by atoms with Gasteiger partial charge in [-0.15, -0.1) is 5.10 Å². The summed E-state index contributed by atoms with van der Waals surface area (Å²) in [4.78, 5) is 25.1. The van der Waals surface area contributed by atoms with Gasteiger partial charge in [0.1, 0.15) is 5.52 Å². The Labute approximate surface area is 196 Å². The molecule has 0 spiro atoms. The summed E-state index contributed by atoms with van der Waals surface area (Å²) < 4.78 is 39.0. The topological polar surface area (TPSA) is 133 Å². The molecule has 1 saturated heterocycles. The van der Waals surface area contributed by atoms with Gasteiger partial charge in [0.2, 0.25) is 10.0 Å². The van der Waals surface area contributed by atoms with Crippen molar-refractivity contribution in [3.05, 3.63) is 48.0 Å². The number of morpholine rings is 1. The Kier molecular flexibility index (Phi) is 6.91. The zero-order valence-electron chi connectivity index (χ0n) is 18.8. The number of nitrogens with one attached hydrogen (secondary N) is 1. The van der Waals surface area contributed by atoms with Crippen LogP contribution in [0.2, 0.25) is 0 Å². The maximum Gasteiger partial charge on any atom is 0.338 e. The number of rotatable bonds is 7. The van der Waals surface area contributed by atoms with Gasteiger partial charge in [-0.05, 0) is 56.3 Å². The monoisotopic (exact) mass is 487 g/mol. The van der Waals surface area contributed by atoms with Gasteiger partial charge in [0.15, 0.2) is 6.10 Å². The van der Waals surface area contributed by atoms with E-state index in [2.05, 4.69) is 15.6 Å². The largest absolute Gasteiger partial charge is 0.449 e. The number of anilines is 1. The van der Waals surface area contributed by atoms with Crippen LogP contribution in [0.15, 0.2) is 47.4 Å². The van der Waals surface area contributed by atoms with Crippen LogP contribution in [0.25, 0.3) is 11.0 Å². The minimum Gasteiger partial charge on any atom is -0.449 e. The molecule has 2 heterocycles. The minimum atomic E-state index is -3.63. The number of aromatic nitrogens is 3. The molecule has 1 N–H and O–H groups in total. The third-order valence-electron chi connectivity index (χ3n) is 5.43. The lowest BCUT2D eigenvalue weighted by atomic mass is 10.2. The summed E-state index contributed by atoms with van der Waals surface area (Å²) in [5, 5.41) is 10.7. The number of aryl methyl sites for hydroxylation is 1. The van der Waals surface area contributed by atoms with Gasteiger partial charge in [0, 0.05) is 25.3 Å². The second-order valence-corrected chi connectivity index (χ2v) is 9.62. The first-order valence-corrected chi connectivity index (χ1v) is 12.3. The predicted molar refractivity (Wildman–Crippen MR) is 123 cm³/mol. The van der Waals surface area contributed by atoms with Crippen LogP contribution in [-0.2, 0) is 30.8 Å². The number of hydrogen-bond donors (Lipinski definition) is 1. The van der Waals surface area contributed by atoms with E-state index < -0.39 is 28.0 Å². The van der Waals surface area contributed by atoms with Crippen LogP contribution >= 0.6 is 0 Å². The van der Waals surface area contributed by atoms with E-state index >= 15 is 0 Å². The molecule has 0 saturated carbocycles. The average Bonchev–Trinajstić information content (AvgIpc) is 3.27. The molecule has 1 amide bonds. The molecule has 1 aromatic heterocycles. The molecule has 11 nitrogen and oxygen atoms in total. The fourth-order valence-electron chi connectivity index (χ4n) is 3.50. The van der Waals surface area contributed by atoms with Crippen LogP contribution in [0.4, 0.5) is 5.69 Å². The summed E-state index contributed by atoms with van der Waals surface area (Å²) >= 11 is 0. The summed E-state index contributed by atoms with van der Waals surface area (Å²) in [7, 11) is -3.63. The molecule has 1 aliphatic heterocycles. The first kappa shape index (κ1) is 23.8. The van der Waals surface area contributed by atoms with Gasteiger partial charge < -0.3 is 14.8 Å². The number of ether oxygens (including phenoxy) is 2. The molecule has 12 heteroatoms. The lowest BCUT2D eigenvalue weighted by Gasteiger charge is -2.26. The smallest absolute Gasteiger partial charge is 0.338 e. The van der Waals surface area contributed by atoms with Crippen LogP contribution in [0.1, 0.15) is 24.2 Å². The van der Waals surface area contributed by atoms with Crippen molar-refractivity contribution in [1.82, 2.24) is 19.3 Å². The van der Waals surface area contributed by atoms with Gasteiger partial charge in [-0.3, -0.25) is 4.79 Å². The van der Waals surface area contributed by atoms with Crippen LogP contribution in [0.3, 0.4) is 0 Å². The zero-order chi connectivity index (χ0) is 24.3. The Bertz CT molecular complexity index is 1300. The van der Waals surface area contributed by atoms with Crippen molar-refractivity contribution in [2.75, 3.05) is 31.6 Å². The van der Waals surface area contributed by atoms with E-state index in [1.54, 1.807) is 22.9 Å². The molecule has 0 unspecified atom stereocenters. The molecular formula is C22H25N5O6S. The van der Waals surface area contributed by atoms with Crippen molar-refractivity contribution < 1.29 is 27.5 Å². The molecule has 4 rings (SSSR count). The van der Waals surface area contributed by atoms with Crippen molar-refractivity contribution in [2.24, 2.45) is 0 Å². The number of esters is 1. The van der Waals surface area contributed by atoms with E-state index in [0.717, 1.165) is 5.52 Å². The predicted octanol–water partition coefficient (Wildman–Crippen LogP) is 1.66. The highest BCUT2D eigenvalue weighted by molar-refractivity contribution is 7.89. The van der Waals surface area contributed by atoms with Crippen molar-refractivity contribution in [3.63, 3.8) is 0 Å². The fraction of sp³-hybridized carbons (Fsp3) is 0.364. The Hall–Kier alpha value is -3.35. The first-order chi connectivity index (χ1) is 16.3. The van der Waals surface area contributed by atoms with Crippen molar-refractivity contribution >= 4 is 38.6 Å². The molecule has 1 aliphatic rings. The number of nitrogens with zero attached hydrogens (tertiary/aromatic N) is 4. The number of carbonyl (C=O) groups is 2. The highest BCUT2D eigenvalue weighted by Gasteiger charge is 2.26. The van der Waals surface area contributed by atoms with Gasteiger partial charge in [0.05, 0.1) is 29.2 Å². The van der Waals surface area contributed by atoms with E-state index in [-0.39, 0.29) is 10.5 Å². The molecule has 34 heavy (non-hydrogen) atoms. The van der Waals surface area contributed by atoms with E-state index in [1.165, 1.54) is 35.5 Å². The number of benzene rings is 2. The molecule has 0 bridgehead atoms. The summed E-state index contributed by atoms with van der Waals surface area (Å²) in [5.41, 5.74) is 1.99. The molecule has 2 aromatic carbocycles. The quantitative estimate of drug-likeness (QED) is 0.498. The van der Waals surface area contributed by atoms with Crippen molar-refractivity contribution in [2.45, 2.75) is 31.4 Å². The average molecular weight is 488 g/mol. The molecule has 1 atom stereocenters. The highest BCUT2D eigenvalue weighted by Crippen LogP contribution is 2.20. The van der Waals surface area contributed by atoms with E-state index in [4.69, 9.17) is 9.47 Å². The molecule has 3 aromatic rings. The molecule has 1 fully saturated rings. The number of sulfonamides is 1. The van der Waals surface area contributed by atoms with Crippen molar-refractivity contribution in [1.29, 1.82) is 0 Å². The molecule has 0 aliphatic carbocycles. The lowest BCUT2D eigenvalue weighted by Crippen LogP contribution is -2.40. The van der Waals surface area contributed by atoms with E-state index in [1.807, 2.05) is 6.92 Å². The Morgan fingerprint density at radius 3 is 2.53 bits per heavy atom. The normalized spacial score (nSPS) is 15.7. The summed E-state index contributed by atoms with van der Waals surface area (Å²) in [6.07, 6.45) is -1.08. The van der Waals surface area contributed by atoms with Gasteiger partial charge >= 0.3 is 5.97 Å². The molecule has 180 valence electrons. The summed E-state index contributed by atoms with van der Waals surface area (Å²) in [6.45, 7) is 5.36. The maximum absolute atomic E-state index is 12.7. The first-order valence-electron chi connectivity index (χ1n) is 10.8. The molecule has 0 radical (unpaired) electrons. The Morgan fingerprint density at radius 1 is 1.15 bits per heavy atom. The minimum absolute atomic E-state index is 0.127. The number of fused-ring (bicyclic) bond motifs is 1. The zero-order valence-corrected chi connectivity index (χ0v) is 19.6.